The SMILES string of the molecule is [B].[C-]#[N+]c1cc(-c2nc3ccccc3n2-c2ccccc2)cc(C#N)c1F. The number of fused-ring (bicyclic) bond motifs is 1. The van der Waals surface area contributed by atoms with Crippen LogP contribution in [0.2, 0.25) is 0 Å². The molecule has 0 unspecified atom stereocenters. The molecule has 0 fully saturated rings. The molecule has 0 aliphatic rings. The Bertz CT molecular complexity index is 1180. The topological polar surface area (TPSA) is 46.0 Å². The van der Waals surface area contributed by atoms with Crippen LogP contribution in [0.3, 0.4) is 0 Å². The predicted octanol–water partition coefficient (Wildman–Crippen LogP) is 4.87. The van der Waals surface area contributed by atoms with Gasteiger partial charge >= 0.3 is 0 Å². The zero-order chi connectivity index (χ0) is 18.1. The minimum atomic E-state index is -0.798. The van der Waals surface area contributed by atoms with Gasteiger partial charge in [0.2, 0.25) is 5.69 Å². The van der Waals surface area contributed by atoms with Crippen LogP contribution < -0.4 is 0 Å². The Labute approximate surface area is 157 Å². The molecule has 27 heavy (non-hydrogen) atoms. The van der Waals surface area contributed by atoms with Gasteiger partial charge < -0.3 is 0 Å². The van der Waals surface area contributed by atoms with Gasteiger partial charge in [-0.25, -0.2) is 14.2 Å². The molecule has 3 radical (unpaired) electrons. The summed E-state index contributed by atoms with van der Waals surface area (Å²) in [6.45, 7) is 7.19. The van der Waals surface area contributed by atoms with Crippen molar-refractivity contribution < 1.29 is 4.39 Å². The Kier molecular flexibility index (Phi) is 4.74. The van der Waals surface area contributed by atoms with E-state index in [1.165, 1.54) is 12.1 Å². The molecule has 0 aliphatic heterocycles. The lowest BCUT2D eigenvalue weighted by atomic mass is 10.1. The number of imidazole rings is 1. The minimum absolute atomic E-state index is 0. The Morgan fingerprint density at radius 1 is 1.04 bits per heavy atom. The first-order valence-corrected chi connectivity index (χ1v) is 7.87. The molecular weight excluding hydrogens is 338 g/mol. The summed E-state index contributed by atoms with van der Waals surface area (Å²) >= 11 is 0. The van der Waals surface area contributed by atoms with Crippen molar-refractivity contribution in [2.24, 2.45) is 0 Å². The number of hydrogen-bond donors (Lipinski definition) is 0. The molecule has 4 rings (SSSR count). The summed E-state index contributed by atoms with van der Waals surface area (Å²) in [6.07, 6.45) is 0. The molecule has 4 nitrogen and oxygen atoms in total. The van der Waals surface area contributed by atoms with E-state index in [-0.39, 0.29) is 19.7 Å². The maximum absolute atomic E-state index is 14.1. The van der Waals surface area contributed by atoms with E-state index in [0.717, 1.165) is 16.7 Å². The molecule has 0 bridgehead atoms. The van der Waals surface area contributed by atoms with Gasteiger partial charge in [-0.3, -0.25) is 4.57 Å². The Morgan fingerprint density at radius 2 is 1.74 bits per heavy atom. The average Bonchev–Trinajstić information content (AvgIpc) is 3.08. The minimum Gasteiger partial charge on any atom is -0.292 e. The van der Waals surface area contributed by atoms with Crippen LogP contribution in [0, 0.1) is 23.7 Å². The van der Waals surface area contributed by atoms with Crippen LogP contribution in [0.4, 0.5) is 10.1 Å². The van der Waals surface area contributed by atoms with Gasteiger partial charge in [-0.05, 0) is 36.4 Å². The number of benzene rings is 3. The van der Waals surface area contributed by atoms with Gasteiger partial charge in [0.15, 0.2) is 0 Å². The molecule has 0 saturated heterocycles. The first-order chi connectivity index (χ1) is 12.7. The van der Waals surface area contributed by atoms with Crippen LogP contribution in [0.5, 0.6) is 0 Å². The quantitative estimate of drug-likeness (QED) is 0.383. The summed E-state index contributed by atoms with van der Waals surface area (Å²) < 4.78 is 16.1. The van der Waals surface area contributed by atoms with E-state index in [4.69, 9.17) is 6.57 Å². The van der Waals surface area contributed by atoms with Gasteiger partial charge in [-0.15, -0.1) is 0 Å². The molecule has 1 heterocycles. The van der Waals surface area contributed by atoms with E-state index in [9.17, 15) is 9.65 Å². The fourth-order valence-corrected chi connectivity index (χ4v) is 2.96. The number of nitriles is 1. The Hall–Kier alpha value is -3.90. The van der Waals surface area contributed by atoms with Crippen LogP contribution in [-0.2, 0) is 0 Å². The fourth-order valence-electron chi connectivity index (χ4n) is 2.96. The molecular formula is C21H11BFN4. The van der Waals surface area contributed by atoms with Crippen LogP contribution >= 0.6 is 0 Å². The number of nitrogens with zero attached hydrogens (tertiary/aromatic N) is 4. The second-order valence-electron chi connectivity index (χ2n) is 5.68. The number of hydrogen-bond acceptors (Lipinski definition) is 2. The number of aromatic nitrogens is 2. The van der Waals surface area contributed by atoms with Gasteiger partial charge in [-0.2, -0.15) is 5.26 Å². The highest BCUT2D eigenvalue weighted by Gasteiger charge is 2.18. The van der Waals surface area contributed by atoms with Crippen LogP contribution in [-0.4, -0.2) is 18.0 Å². The summed E-state index contributed by atoms with van der Waals surface area (Å²) in [4.78, 5) is 7.88. The summed E-state index contributed by atoms with van der Waals surface area (Å²) in [7, 11) is 0. The van der Waals surface area contributed by atoms with E-state index in [1.807, 2.05) is 65.2 Å². The normalized spacial score (nSPS) is 10.0. The fraction of sp³-hybridized carbons (Fsp3) is 0. The van der Waals surface area contributed by atoms with E-state index >= 15 is 0 Å². The second kappa shape index (κ2) is 7.15. The van der Waals surface area contributed by atoms with Crippen molar-refractivity contribution in [3.63, 3.8) is 0 Å². The van der Waals surface area contributed by atoms with E-state index < -0.39 is 5.82 Å². The monoisotopic (exact) mass is 349 g/mol. The third-order valence-electron chi connectivity index (χ3n) is 4.13. The van der Waals surface area contributed by atoms with Gasteiger partial charge in [0, 0.05) is 19.7 Å². The van der Waals surface area contributed by atoms with E-state index in [2.05, 4.69) is 9.83 Å². The van der Waals surface area contributed by atoms with E-state index in [1.54, 1.807) is 0 Å². The van der Waals surface area contributed by atoms with Crippen molar-refractivity contribution in [3.8, 4) is 23.1 Å². The third-order valence-corrected chi connectivity index (χ3v) is 4.13. The highest BCUT2D eigenvalue weighted by molar-refractivity contribution is 5.84. The van der Waals surface area contributed by atoms with Crippen molar-refractivity contribution in [1.82, 2.24) is 9.55 Å². The molecule has 0 amide bonds. The molecule has 3 aromatic carbocycles. The van der Waals surface area contributed by atoms with Crippen molar-refractivity contribution in [3.05, 3.63) is 89.5 Å². The van der Waals surface area contributed by atoms with Gasteiger partial charge in [-0.1, -0.05) is 30.3 Å². The summed E-state index contributed by atoms with van der Waals surface area (Å²) in [5.74, 6) is -0.243. The van der Waals surface area contributed by atoms with Crippen molar-refractivity contribution in [1.29, 1.82) is 5.26 Å². The van der Waals surface area contributed by atoms with Crippen LogP contribution in [0.25, 0.3) is 33.0 Å². The van der Waals surface area contributed by atoms with Crippen molar-refractivity contribution in [2.45, 2.75) is 0 Å². The van der Waals surface area contributed by atoms with Crippen molar-refractivity contribution in [2.75, 3.05) is 0 Å². The molecule has 0 aliphatic carbocycles. The number of halogens is 1. The lowest BCUT2D eigenvalue weighted by Crippen LogP contribution is -1.98. The molecule has 6 heteroatoms. The molecule has 125 valence electrons. The predicted molar refractivity (Wildman–Crippen MR) is 103 cm³/mol. The smallest absolute Gasteiger partial charge is 0.224 e. The summed E-state index contributed by atoms with van der Waals surface area (Å²) in [6, 6.07) is 22.0. The average molecular weight is 349 g/mol. The maximum atomic E-state index is 14.1. The number of rotatable bonds is 2. The van der Waals surface area contributed by atoms with Crippen molar-refractivity contribution >= 4 is 25.1 Å². The first kappa shape index (κ1) is 17.9. The molecule has 0 spiro atoms. The molecule has 0 atom stereocenters. The van der Waals surface area contributed by atoms with Gasteiger partial charge in [0.25, 0.3) is 0 Å². The standard InChI is InChI=1S/C21H11FN4.B/c1-24-18-12-14(11-15(13-23)20(18)22)21-25-17-9-5-6-10-19(17)26(21)16-7-3-2-4-8-16;/h2-12H;. The number of para-hydroxylation sites is 3. The molecule has 0 saturated carbocycles. The molecule has 4 aromatic rings. The lowest BCUT2D eigenvalue weighted by molar-refractivity contribution is 0.630. The molecule has 1 aromatic heterocycles. The summed E-state index contributed by atoms with van der Waals surface area (Å²) in [5, 5.41) is 9.22. The van der Waals surface area contributed by atoms with Crippen LogP contribution in [0.1, 0.15) is 5.56 Å². The Morgan fingerprint density at radius 3 is 2.44 bits per heavy atom. The lowest BCUT2D eigenvalue weighted by Gasteiger charge is -2.10. The first-order valence-electron chi connectivity index (χ1n) is 7.87. The Balaban J connectivity index is 0.00000210. The summed E-state index contributed by atoms with van der Waals surface area (Å²) in [5.41, 5.74) is 2.72. The zero-order valence-corrected chi connectivity index (χ0v) is 14.1. The third kappa shape index (κ3) is 2.94. The van der Waals surface area contributed by atoms with Gasteiger partial charge in [0.05, 0.1) is 23.2 Å². The second-order valence-corrected chi connectivity index (χ2v) is 5.68. The van der Waals surface area contributed by atoms with Crippen LogP contribution in [0.15, 0.2) is 66.7 Å². The largest absolute Gasteiger partial charge is 0.292 e. The maximum Gasteiger partial charge on any atom is 0.224 e. The highest BCUT2D eigenvalue weighted by Crippen LogP contribution is 2.33. The van der Waals surface area contributed by atoms with Gasteiger partial charge in [0.1, 0.15) is 17.7 Å². The zero-order valence-electron chi connectivity index (χ0n) is 14.1. The highest BCUT2D eigenvalue weighted by atomic mass is 19.1. The van der Waals surface area contributed by atoms with E-state index in [0.29, 0.717) is 11.4 Å². The molecule has 0 N–H and O–H groups in total.